The van der Waals surface area contributed by atoms with Gasteiger partial charge in [-0.2, -0.15) is 0 Å². The van der Waals surface area contributed by atoms with Gasteiger partial charge in [0.05, 0.1) is 16.8 Å². The lowest BCUT2D eigenvalue weighted by atomic mass is 9.76. The van der Waals surface area contributed by atoms with Crippen molar-refractivity contribution in [3.05, 3.63) is 64.2 Å². The molecule has 6 heteroatoms. The van der Waals surface area contributed by atoms with Crippen LogP contribution in [0.3, 0.4) is 0 Å². The summed E-state index contributed by atoms with van der Waals surface area (Å²) < 4.78 is 5.45. The zero-order chi connectivity index (χ0) is 22.7. The van der Waals surface area contributed by atoms with Gasteiger partial charge >= 0.3 is 0 Å². The Morgan fingerprint density at radius 2 is 1.88 bits per heavy atom. The van der Waals surface area contributed by atoms with E-state index in [9.17, 15) is 14.7 Å². The summed E-state index contributed by atoms with van der Waals surface area (Å²) in [6.07, 6.45) is 4.36. The minimum atomic E-state index is -0.134. The van der Waals surface area contributed by atoms with Gasteiger partial charge in [0.2, 0.25) is 0 Å². The summed E-state index contributed by atoms with van der Waals surface area (Å²) in [4.78, 5) is 29.9. The van der Waals surface area contributed by atoms with Crippen LogP contribution in [-0.4, -0.2) is 34.1 Å². The molecule has 0 saturated heterocycles. The van der Waals surface area contributed by atoms with Crippen molar-refractivity contribution in [2.75, 3.05) is 6.54 Å². The van der Waals surface area contributed by atoms with E-state index in [0.29, 0.717) is 67.0 Å². The van der Waals surface area contributed by atoms with E-state index in [-0.39, 0.29) is 29.2 Å². The molecule has 1 aromatic heterocycles. The first kappa shape index (κ1) is 22.2. The molecule has 4 rings (SSSR count). The van der Waals surface area contributed by atoms with Crippen LogP contribution in [0.15, 0.2) is 51.2 Å². The second-order valence-corrected chi connectivity index (χ2v) is 9.53. The summed E-state index contributed by atoms with van der Waals surface area (Å²) >= 11 is 0. The highest BCUT2D eigenvalue weighted by atomic mass is 16.5. The molecule has 0 amide bonds. The van der Waals surface area contributed by atoms with Crippen LogP contribution in [0.5, 0.6) is 0 Å². The number of aliphatic hydroxyl groups is 1. The van der Waals surface area contributed by atoms with E-state index in [1.54, 1.807) is 0 Å². The number of allylic oxidation sites excluding steroid dienone is 2. The molecule has 32 heavy (non-hydrogen) atoms. The Hall–Kier alpha value is -3.02. The fourth-order valence-corrected chi connectivity index (χ4v) is 4.63. The van der Waals surface area contributed by atoms with Gasteiger partial charge in [-0.25, -0.2) is 0 Å². The molecule has 0 spiro atoms. The van der Waals surface area contributed by atoms with Crippen molar-refractivity contribution in [3.8, 4) is 0 Å². The Kier molecular flexibility index (Phi) is 6.40. The van der Waals surface area contributed by atoms with Gasteiger partial charge in [0.1, 0.15) is 11.5 Å². The number of Topliss-reactive ketones (excluding diaryl/α,β-unsaturated/α-hetero) is 2. The molecule has 0 bridgehead atoms. The molecular formula is C26H30N2O4. The second kappa shape index (κ2) is 9.23. The van der Waals surface area contributed by atoms with Gasteiger partial charge in [-0.3, -0.25) is 14.6 Å². The maximum absolute atomic E-state index is 12.6. The van der Waals surface area contributed by atoms with Crippen molar-refractivity contribution in [3.63, 3.8) is 0 Å². The Bertz CT molecular complexity index is 1080. The van der Waals surface area contributed by atoms with E-state index < -0.39 is 0 Å². The number of aliphatic imine (C=N–C) groups is 1. The lowest BCUT2D eigenvalue weighted by Crippen LogP contribution is -2.26. The number of ketones is 2. The van der Waals surface area contributed by atoms with Crippen LogP contribution in [0.4, 0.5) is 0 Å². The van der Waals surface area contributed by atoms with Crippen molar-refractivity contribution < 1.29 is 19.2 Å². The van der Waals surface area contributed by atoms with E-state index in [0.717, 1.165) is 12.8 Å². The first-order valence-corrected chi connectivity index (χ1v) is 11.4. The maximum atomic E-state index is 12.6. The van der Waals surface area contributed by atoms with Crippen LogP contribution in [0.2, 0.25) is 0 Å². The summed E-state index contributed by atoms with van der Waals surface area (Å²) in [7, 11) is 0. The van der Waals surface area contributed by atoms with Crippen LogP contribution >= 0.6 is 0 Å². The van der Waals surface area contributed by atoms with Crippen molar-refractivity contribution in [1.82, 2.24) is 5.16 Å². The van der Waals surface area contributed by atoms with Crippen LogP contribution in [0.1, 0.15) is 73.3 Å². The first-order chi connectivity index (χ1) is 15.3. The molecule has 1 fully saturated rings. The van der Waals surface area contributed by atoms with Crippen molar-refractivity contribution in [2.45, 2.75) is 65.2 Å². The third-order valence-electron chi connectivity index (χ3n) is 6.21. The monoisotopic (exact) mass is 434 g/mol. The van der Waals surface area contributed by atoms with Crippen LogP contribution in [0, 0.1) is 5.41 Å². The zero-order valence-electron chi connectivity index (χ0n) is 18.8. The zero-order valence-corrected chi connectivity index (χ0v) is 18.8. The fraction of sp³-hybridized carbons (Fsp3) is 0.462. The van der Waals surface area contributed by atoms with Gasteiger partial charge in [0.15, 0.2) is 11.6 Å². The third-order valence-corrected chi connectivity index (χ3v) is 6.21. The number of hydrogen-bond donors (Lipinski definition) is 1. The first-order valence-electron chi connectivity index (χ1n) is 11.4. The normalized spacial score (nSPS) is 21.0. The van der Waals surface area contributed by atoms with Gasteiger partial charge in [-0.1, -0.05) is 49.3 Å². The highest BCUT2D eigenvalue weighted by Crippen LogP contribution is 2.36. The van der Waals surface area contributed by atoms with Gasteiger partial charge in [0, 0.05) is 44.4 Å². The SMILES string of the molecule is CC1(C)CC(=O)c2c(CCC(O)=C3C(=O)CCCC3=NCCc3ccccc3)noc2C1. The Morgan fingerprint density at radius 1 is 1.09 bits per heavy atom. The lowest BCUT2D eigenvalue weighted by molar-refractivity contribution is -0.115. The van der Waals surface area contributed by atoms with Crippen molar-refractivity contribution in [2.24, 2.45) is 10.4 Å². The summed E-state index contributed by atoms with van der Waals surface area (Å²) in [6, 6.07) is 10.1. The fourth-order valence-electron chi connectivity index (χ4n) is 4.63. The van der Waals surface area contributed by atoms with Crippen LogP contribution < -0.4 is 0 Å². The topological polar surface area (TPSA) is 92.8 Å². The summed E-state index contributed by atoms with van der Waals surface area (Å²) in [5.74, 6) is 0.641. The Morgan fingerprint density at radius 3 is 2.66 bits per heavy atom. The summed E-state index contributed by atoms with van der Waals surface area (Å²) in [6.45, 7) is 4.66. The number of carbonyl (C=O) groups is 2. The van der Waals surface area contributed by atoms with E-state index in [2.05, 4.69) is 22.3 Å². The number of nitrogens with zero attached hydrogens (tertiary/aromatic N) is 2. The molecule has 6 nitrogen and oxygen atoms in total. The number of aryl methyl sites for hydroxylation is 1. The van der Waals surface area contributed by atoms with Crippen molar-refractivity contribution >= 4 is 17.3 Å². The number of aliphatic hydroxyl groups excluding tert-OH is 1. The van der Waals surface area contributed by atoms with E-state index >= 15 is 0 Å². The predicted octanol–water partition coefficient (Wildman–Crippen LogP) is 5.01. The molecule has 2 aliphatic carbocycles. The standard InChI is InChI=1S/C26H30N2O4/c1-26(2)15-22(31)25-19(28-32-23(25)16-26)11-12-21(30)24-18(9-6-10-20(24)29)27-14-13-17-7-4-3-5-8-17/h3-5,7-8,30H,6,9-16H2,1-2H3. The molecule has 1 heterocycles. The molecule has 0 atom stereocenters. The number of rotatable bonds is 6. The summed E-state index contributed by atoms with van der Waals surface area (Å²) in [5, 5.41) is 14.9. The van der Waals surface area contributed by atoms with E-state index in [1.807, 2.05) is 32.0 Å². The molecule has 2 aromatic rings. The van der Waals surface area contributed by atoms with Gasteiger partial charge in [-0.15, -0.1) is 0 Å². The molecule has 2 aliphatic rings. The number of benzene rings is 1. The molecule has 0 unspecified atom stereocenters. The highest BCUT2D eigenvalue weighted by molar-refractivity contribution is 6.24. The molecule has 1 N–H and O–H groups in total. The number of aromatic nitrogens is 1. The largest absolute Gasteiger partial charge is 0.511 e. The minimum Gasteiger partial charge on any atom is -0.511 e. The molecule has 0 radical (unpaired) electrons. The second-order valence-electron chi connectivity index (χ2n) is 9.53. The number of fused-ring (bicyclic) bond motifs is 1. The molecule has 168 valence electrons. The third kappa shape index (κ3) is 4.90. The summed E-state index contributed by atoms with van der Waals surface area (Å²) in [5.41, 5.74) is 3.23. The highest BCUT2D eigenvalue weighted by Gasteiger charge is 2.36. The average Bonchev–Trinajstić information content (AvgIpc) is 3.15. The smallest absolute Gasteiger partial charge is 0.168 e. The van der Waals surface area contributed by atoms with E-state index in [1.165, 1.54) is 5.56 Å². The van der Waals surface area contributed by atoms with Crippen molar-refractivity contribution in [1.29, 1.82) is 0 Å². The number of carbonyl (C=O) groups excluding carboxylic acids is 2. The molecule has 1 aromatic carbocycles. The van der Waals surface area contributed by atoms with Gasteiger partial charge in [-0.05, 0) is 30.2 Å². The van der Waals surface area contributed by atoms with Crippen LogP contribution in [-0.2, 0) is 24.1 Å². The van der Waals surface area contributed by atoms with Crippen LogP contribution in [0.25, 0.3) is 0 Å². The lowest BCUT2D eigenvalue weighted by Gasteiger charge is -2.26. The van der Waals surface area contributed by atoms with Gasteiger partial charge in [0.25, 0.3) is 0 Å². The quantitative estimate of drug-likeness (QED) is 0.509. The molecular weight excluding hydrogens is 404 g/mol. The van der Waals surface area contributed by atoms with Gasteiger partial charge < -0.3 is 9.63 Å². The Labute approximate surface area is 188 Å². The molecule has 1 saturated carbocycles. The minimum absolute atomic E-state index is 0.0356. The molecule has 0 aliphatic heterocycles. The Balaban J connectivity index is 1.49. The maximum Gasteiger partial charge on any atom is 0.168 e. The predicted molar refractivity (Wildman–Crippen MR) is 122 cm³/mol. The average molecular weight is 435 g/mol. The van der Waals surface area contributed by atoms with E-state index in [4.69, 9.17) is 4.52 Å². The number of hydrogen-bond acceptors (Lipinski definition) is 6.